The van der Waals surface area contributed by atoms with Crippen LogP contribution < -0.4 is 10.5 Å². The summed E-state index contributed by atoms with van der Waals surface area (Å²) in [5, 5.41) is 19.8. The monoisotopic (exact) mass is 487 g/mol. The van der Waals surface area contributed by atoms with Crippen molar-refractivity contribution in [2.45, 2.75) is 17.9 Å². The second kappa shape index (κ2) is 8.33. The summed E-state index contributed by atoms with van der Waals surface area (Å²) in [6.45, 7) is 1.76. The third-order valence-corrected chi connectivity index (χ3v) is 7.28. The highest BCUT2D eigenvalue weighted by molar-refractivity contribution is 7.90. The smallest absolute Gasteiger partial charge is 0.288 e. The predicted molar refractivity (Wildman–Crippen MR) is 122 cm³/mol. The molecule has 4 aromatic rings. The van der Waals surface area contributed by atoms with Crippen molar-refractivity contribution in [1.29, 1.82) is 0 Å². The van der Waals surface area contributed by atoms with Gasteiger partial charge in [-0.2, -0.15) is 4.98 Å². The van der Waals surface area contributed by atoms with Crippen molar-refractivity contribution >= 4 is 42.1 Å². The van der Waals surface area contributed by atoms with Crippen LogP contribution in [0.1, 0.15) is 18.9 Å². The maximum atomic E-state index is 12.7. The Hall–Kier alpha value is -3.71. The first-order chi connectivity index (χ1) is 15.6. The number of sulfone groups is 1. The largest absolute Gasteiger partial charge is 0.418 e. The molecule has 13 heteroatoms. The number of rotatable bonds is 6. The number of nitrogens with zero attached hydrogens (tertiary/aromatic N) is 5. The lowest BCUT2D eigenvalue weighted by Crippen LogP contribution is -2.24. The minimum Gasteiger partial charge on any atom is -0.418 e. The quantitative estimate of drug-likeness (QED) is 0.293. The fourth-order valence-corrected chi connectivity index (χ4v) is 4.81. The first-order valence-electron chi connectivity index (χ1n) is 9.51. The van der Waals surface area contributed by atoms with E-state index in [2.05, 4.69) is 15.2 Å². The third kappa shape index (κ3) is 4.32. The maximum Gasteiger partial charge on any atom is 0.288 e. The van der Waals surface area contributed by atoms with Crippen molar-refractivity contribution in [2.75, 3.05) is 18.2 Å². The van der Waals surface area contributed by atoms with Crippen molar-refractivity contribution < 1.29 is 17.8 Å². The standard InChI is InChI=1S/C20H17N5O6S2/c1-11(18-22-23-19(31-18)12-7-5-4-6-8-12)24(2)20-21-17(26)14-9-13(33(3,29)30)10-15(25(27)28)16(14)32-20/h4-11H,1-3H3/t11-/m0/s1. The second-order valence-electron chi connectivity index (χ2n) is 7.25. The third-order valence-electron chi connectivity index (χ3n) is 4.99. The molecule has 0 saturated heterocycles. The second-order valence-corrected chi connectivity index (χ2v) is 10.2. The number of non-ortho nitro benzene ring substituents is 1. The average molecular weight is 488 g/mol. The Morgan fingerprint density at radius 3 is 2.52 bits per heavy atom. The zero-order chi connectivity index (χ0) is 23.9. The van der Waals surface area contributed by atoms with E-state index in [9.17, 15) is 23.3 Å². The van der Waals surface area contributed by atoms with Gasteiger partial charge in [0.15, 0.2) is 15.0 Å². The summed E-state index contributed by atoms with van der Waals surface area (Å²) in [4.78, 5) is 28.9. The molecule has 0 amide bonds. The van der Waals surface area contributed by atoms with E-state index in [-0.39, 0.29) is 26.0 Å². The number of aromatic nitrogens is 3. The predicted octanol–water partition coefficient (Wildman–Crippen LogP) is 3.22. The minimum atomic E-state index is -3.77. The summed E-state index contributed by atoms with van der Waals surface area (Å²) >= 11 is 0.898. The first-order valence-corrected chi connectivity index (χ1v) is 12.2. The van der Waals surface area contributed by atoms with Crippen LogP contribution >= 0.6 is 11.3 Å². The molecule has 11 nitrogen and oxygen atoms in total. The van der Waals surface area contributed by atoms with Crippen molar-refractivity contribution in [3.8, 4) is 11.5 Å². The molecule has 0 N–H and O–H groups in total. The highest BCUT2D eigenvalue weighted by Gasteiger charge is 2.25. The lowest BCUT2D eigenvalue weighted by atomic mass is 10.2. The summed E-state index contributed by atoms with van der Waals surface area (Å²) in [5.41, 5.74) is -0.511. The van der Waals surface area contributed by atoms with E-state index < -0.39 is 32.0 Å². The van der Waals surface area contributed by atoms with E-state index in [0.717, 1.165) is 35.3 Å². The van der Waals surface area contributed by atoms with Crippen molar-refractivity contribution in [1.82, 2.24) is 15.2 Å². The highest BCUT2D eigenvalue weighted by Crippen LogP contribution is 2.36. The molecule has 2 heterocycles. The van der Waals surface area contributed by atoms with Crippen LogP contribution in [-0.2, 0) is 9.84 Å². The zero-order valence-electron chi connectivity index (χ0n) is 17.6. The number of hydrogen-bond acceptors (Lipinski definition) is 11. The molecule has 2 aromatic carbocycles. The Kier molecular flexibility index (Phi) is 5.68. The molecule has 0 spiro atoms. The van der Waals surface area contributed by atoms with E-state index in [1.54, 1.807) is 18.9 Å². The fourth-order valence-electron chi connectivity index (χ4n) is 3.05. The van der Waals surface area contributed by atoms with Gasteiger partial charge in [-0.05, 0) is 25.1 Å². The van der Waals surface area contributed by atoms with E-state index in [1.807, 2.05) is 30.3 Å². The molecule has 0 aliphatic carbocycles. The van der Waals surface area contributed by atoms with Gasteiger partial charge in [-0.1, -0.05) is 29.5 Å². The molecule has 0 aliphatic heterocycles. The zero-order valence-corrected chi connectivity index (χ0v) is 19.3. The van der Waals surface area contributed by atoms with Gasteiger partial charge in [-0.15, -0.1) is 10.2 Å². The fraction of sp³-hybridized carbons (Fsp3) is 0.200. The molecule has 170 valence electrons. The molecule has 0 saturated carbocycles. The first kappa shape index (κ1) is 22.5. The number of nitro benzene ring substituents is 1. The topological polar surface area (TPSA) is 149 Å². The Bertz CT molecular complexity index is 1530. The molecule has 0 radical (unpaired) electrons. The van der Waals surface area contributed by atoms with Crippen LogP contribution in [0.25, 0.3) is 21.5 Å². The van der Waals surface area contributed by atoms with E-state index >= 15 is 0 Å². The van der Waals surface area contributed by atoms with Crippen LogP contribution in [0.4, 0.5) is 10.8 Å². The van der Waals surface area contributed by atoms with Crippen LogP contribution in [0.3, 0.4) is 0 Å². The Morgan fingerprint density at radius 2 is 1.88 bits per heavy atom. The summed E-state index contributed by atoms with van der Waals surface area (Å²) in [5.74, 6) is 0.592. The SMILES string of the molecule is C[C@@H](c1nnc(-c2ccccc2)o1)N(C)c1nc(=O)c2cc(S(C)(=O)=O)cc([N+](=O)[O-])c2s1. The van der Waals surface area contributed by atoms with Crippen molar-refractivity contribution in [3.05, 3.63) is 68.8 Å². The van der Waals surface area contributed by atoms with E-state index in [4.69, 9.17) is 4.42 Å². The summed E-state index contributed by atoms with van der Waals surface area (Å²) in [6, 6.07) is 10.7. The van der Waals surface area contributed by atoms with Gasteiger partial charge < -0.3 is 9.32 Å². The number of anilines is 1. The van der Waals surface area contributed by atoms with Gasteiger partial charge in [0.05, 0.1) is 15.2 Å². The van der Waals surface area contributed by atoms with Gasteiger partial charge in [0.2, 0.25) is 11.8 Å². The molecule has 4 rings (SSSR count). The molecule has 0 fully saturated rings. The molecule has 0 unspecified atom stereocenters. The molecule has 0 bridgehead atoms. The summed E-state index contributed by atoms with van der Waals surface area (Å²) in [6.07, 6.45) is 0.914. The molecular weight excluding hydrogens is 470 g/mol. The number of hydrogen-bond donors (Lipinski definition) is 0. The number of benzene rings is 2. The van der Waals surface area contributed by atoms with Gasteiger partial charge in [-0.3, -0.25) is 14.9 Å². The lowest BCUT2D eigenvalue weighted by Gasteiger charge is -2.22. The van der Waals surface area contributed by atoms with Crippen LogP contribution in [0.15, 0.2) is 56.6 Å². The Labute approximate surface area is 191 Å². The molecule has 0 aliphatic rings. The van der Waals surface area contributed by atoms with Crippen LogP contribution in [0, 0.1) is 10.1 Å². The Morgan fingerprint density at radius 1 is 1.18 bits per heavy atom. The lowest BCUT2D eigenvalue weighted by molar-refractivity contribution is -0.383. The molecule has 33 heavy (non-hydrogen) atoms. The van der Waals surface area contributed by atoms with E-state index in [1.165, 1.54) is 0 Å². The number of nitro groups is 1. The molecule has 1 atom stereocenters. The summed E-state index contributed by atoms with van der Waals surface area (Å²) < 4.78 is 29.6. The van der Waals surface area contributed by atoms with Gasteiger partial charge in [0.1, 0.15) is 10.7 Å². The van der Waals surface area contributed by atoms with E-state index in [0.29, 0.717) is 5.89 Å². The van der Waals surface area contributed by atoms with Gasteiger partial charge in [-0.25, -0.2) is 8.42 Å². The molecule has 2 aromatic heterocycles. The Balaban J connectivity index is 1.77. The van der Waals surface area contributed by atoms with Crippen LogP contribution in [-0.4, -0.2) is 41.8 Å². The normalized spacial score (nSPS) is 12.6. The van der Waals surface area contributed by atoms with Gasteiger partial charge in [0, 0.05) is 24.9 Å². The van der Waals surface area contributed by atoms with Gasteiger partial charge >= 0.3 is 0 Å². The average Bonchev–Trinajstić information content (AvgIpc) is 3.27. The number of fused-ring (bicyclic) bond motifs is 1. The minimum absolute atomic E-state index is 0.0250. The summed E-state index contributed by atoms with van der Waals surface area (Å²) in [7, 11) is -2.13. The van der Waals surface area contributed by atoms with Crippen LogP contribution in [0.2, 0.25) is 0 Å². The van der Waals surface area contributed by atoms with Crippen LogP contribution in [0.5, 0.6) is 0 Å². The van der Waals surface area contributed by atoms with Gasteiger partial charge in [0.25, 0.3) is 11.2 Å². The molecular formula is C20H17N5O6S2. The van der Waals surface area contributed by atoms with Crippen molar-refractivity contribution in [3.63, 3.8) is 0 Å². The van der Waals surface area contributed by atoms with Crippen molar-refractivity contribution in [2.24, 2.45) is 0 Å². The maximum absolute atomic E-state index is 12.7. The highest BCUT2D eigenvalue weighted by atomic mass is 32.2.